The van der Waals surface area contributed by atoms with Crippen LogP contribution in [0.5, 0.6) is 0 Å². The van der Waals surface area contributed by atoms with Gasteiger partial charge in [-0.05, 0) is 57.5 Å². The van der Waals surface area contributed by atoms with Crippen LogP contribution in [0.4, 0.5) is 4.79 Å². The van der Waals surface area contributed by atoms with Gasteiger partial charge in [0.05, 0.1) is 11.6 Å². The Morgan fingerprint density at radius 2 is 2.29 bits per heavy atom. The number of hydrogen-bond donors (Lipinski definition) is 2. The molecule has 2 heterocycles. The lowest BCUT2D eigenvalue weighted by Crippen LogP contribution is -2.59. The number of hydrogen-bond acceptors (Lipinski definition) is 4. The van der Waals surface area contributed by atoms with E-state index in [0.717, 1.165) is 19.4 Å². The van der Waals surface area contributed by atoms with Gasteiger partial charge in [-0.25, -0.2) is 4.79 Å². The van der Waals surface area contributed by atoms with Crippen LogP contribution in [0.15, 0.2) is 11.4 Å². The van der Waals surface area contributed by atoms with Crippen molar-refractivity contribution >= 4 is 17.4 Å². The van der Waals surface area contributed by atoms with Crippen LogP contribution in [0.1, 0.15) is 51.5 Å². The van der Waals surface area contributed by atoms with Gasteiger partial charge in [0.2, 0.25) is 0 Å². The molecule has 0 radical (unpaired) electrons. The van der Waals surface area contributed by atoms with Gasteiger partial charge >= 0.3 is 6.09 Å². The average Bonchev–Trinajstić information content (AvgIpc) is 2.83. The van der Waals surface area contributed by atoms with Crippen molar-refractivity contribution in [3.63, 3.8) is 0 Å². The molecule has 1 amide bonds. The fourth-order valence-electron chi connectivity index (χ4n) is 2.94. The molecule has 0 saturated heterocycles. The van der Waals surface area contributed by atoms with Crippen molar-refractivity contribution in [2.75, 3.05) is 6.54 Å². The molecule has 0 spiro atoms. The first-order chi connectivity index (χ1) is 9.76. The van der Waals surface area contributed by atoms with Gasteiger partial charge in [-0.3, -0.25) is 0 Å². The van der Waals surface area contributed by atoms with Crippen LogP contribution in [0.25, 0.3) is 0 Å². The maximum Gasteiger partial charge on any atom is 0.407 e. The summed E-state index contributed by atoms with van der Waals surface area (Å²) < 4.78 is 5.40. The van der Waals surface area contributed by atoms with Gasteiger partial charge in [0.25, 0.3) is 0 Å². The zero-order chi connectivity index (χ0) is 15.7. The monoisotopic (exact) mass is 310 g/mol. The standard InChI is InChI=1S/C16H26N2O2S/c1-6-13(18-14(19)20-15(2,3)4)16(5)11-8-10-21-12(11)7-9-17-16/h8,10,13,17H,6-7,9H2,1-5H3,(H,18,19). The molecule has 1 aliphatic rings. The van der Waals surface area contributed by atoms with E-state index in [1.165, 1.54) is 10.4 Å². The van der Waals surface area contributed by atoms with E-state index in [4.69, 9.17) is 4.74 Å². The van der Waals surface area contributed by atoms with E-state index in [-0.39, 0.29) is 17.7 Å². The van der Waals surface area contributed by atoms with Gasteiger partial charge in [-0.15, -0.1) is 11.3 Å². The van der Waals surface area contributed by atoms with E-state index < -0.39 is 5.60 Å². The van der Waals surface area contributed by atoms with Crippen LogP contribution < -0.4 is 10.6 Å². The Morgan fingerprint density at radius 3 is 2.90 bits per heavy atom. The first-order valence-corrected chi connectivity index (χ1v) is 8.45. The number of amides is 1. The molecular formula is C16H26N2O2S. The van der Waals surface area contributed by atoms with Crippen LogP contribution in [0.2, 0.25) is 0 Å². The first-order valence-electron chi connectivity index (χ1n) is 7.57. The summed E-state index contributed by atoms with van der Waals surface area (Å²) in [5, 5.41) is 8.77. The smallest absolute Gasteiger partial charge is 0.407 e. The normalized spacial score (nSPS) is 23.3. The molecule has 0 bridgehead atoms. The molecule has 2 atom stereocenters. The molecule has 0 saturated carbocycles. The van der Waals surface area contributed by atoms with Gasteiger partial charge < -0.3 is 15.4 Å². The molecule has 118 valence electrons. The van der Waals surface area contributed by atoms with Gasteiger partial charge in [0, 0.05) is 11.4 Å². The average molecular weight is 310 g/mol. The summed E-state index contributed by atoms with van der Waals surface area (Å²) in [6.45, 7) is 10.8. The minimum absolute atomic E-state index is 0.000926. The number of ether oxygens (including phenoxy) is 1. The molecule has 4 nitrogen and oxygen atoms in total. The fraction of sp³-hybridized carbons (Fsp3) is 0.688. The molecule has 1 aromatic heterocycles. The van der Waals surface area contributed by atoms with Gasteiger partial charge in [-0.1, -0.05) is 6.92 Å². The maximum atomic E-state index is 12.1. The van der Waals surface area contributed by atoms with Gasteiger partial charge in [0.15, 0.2) is 0 Å². The SMILES string of the molecule is CCC(NC(=O)OC(C)(C)C)C1(C)NCCc2sccc21. The van der Waals surface area contributed by atoms with Crippen molar-refractivity contribution in [3.05, 3.63) is 21.9 Å². The summed E-state index contributed by atoms with van der Waals surface area (Å²) in [7, 11) is 0. The van der Waals surface area contributed by atoms with Gasteiger partial charge in [-0.2, -0.15) is 0 Å². The molecule has 2 unspecified atom stereocenters. The van der Waals surface area contributed by atoms with Crippen molar-refractivity contribution in [1.82, 2.24) is 10.6 Å². The Kier molecular flexibility index (Phi) is 4.63. The van der Waals surface area contributed by atoms with E-state index in [1.807, 2.05) is 20.8 Å². The summed E-state index contributed by atoms with van der Waals surface area (Å²) >= 11 is 1.80. The summed E-state index contributed by atoms with van der Waals surface area (Å²) in [5.74, 6) is 0. The van der Waals surface area contributed by atoms with E-state index in [0.29, 0.717) is 0 Å². The molecule has 0 aliphatic carbocycles. The fourth-order valence-corrected chi connectivity index (χ4v) is 3.94. The zero-order valence-corrected chi connectivity index (χ0v) is 14.4. The highest BCUT2D eigenvalue weighted by molar-refractivity contribution is 7.10. The van der Waals surface area contributed by atoms with Crippen LogP contribution >= 0.6 is 11.3 Å². The molecule has 1 aliphatic heterocycles. The molecule has 2 rings (SSSR count). The highest BCUT2D eigenvalue weighted by Crippen LogP contribution is 2.35. The number of thiophene rings is 1. The van der Waals surface area contributed by atoms with E-state index in [9.17, 15) is 4.79 Å². The molecule has 1 aromatic rings. The second-order valence-electron chi connectivity index (χ2n) is 6.74. The van der Waals surface area contributed by atoms with Crippen molar-refractivity contribution in [2.45, 2.75) is 64.6 Å². The lowest BCUT2D eigenvalue weighted by molar-refractivity contribution is 0.0463. The van der Waals surface area contributed by atoms with Crippen LogP contribution in [0, 0.1) is 0 Å². The summed E-state index contributed by atoms with van der Waals surface area (Å²) in [4.78, 5) is 13.5. The maximum absolute atomic E-state index is 12.1. The third-order valence-corrected chi connectivity index (χ3v) is 4.93. The Hall–Kier alpha value is -1.07. The predicted molar refractivity (Wildman–Crippen MR) is 86.8 cm³/mol. The quantitative estimate of drug-likeness (QED) is 0.899. The minimum Gasteiger partial charge on any atom is -0.444 e. The molecule has 2 N–H and O–H groups in total. The zero-order valence-electron chi connectivity index (χ0n) is 13.6. The third kappa shape index (κ3) is 3.58. The van der Waals surface area contributed by atoms with Crippen LogP contribution in [-0.4, -0.2) is 24.3 Å². The van der Waals surface area contributed by atoms with E-state index in [1.54, 1.807) is 11.3 Å². The second-order valence-corrected chi connectivity index (χ2v) is 7.74. The summed E-state index contributed by atoms with van der Waals surface area (Å²) in [6, 6.07) is 2.17. The Labute approximate surface area is 131 Å². The molecule has 0 aromatic carbocycles. The van der Waals surface area contributed by atoms with Gasteiger partial charge in [0.1, 0.15) is 5.60 Å². The summed E-state index contributed by atoms with van der Waals surface area (Å²) in [5.41, 5.74) is 0.595. The molecular weight excluding hydrogens is 284 g/mol. The third-order valence-electron chi connectivity index (χ3n) is 3.95. The number of alkyl carbamates (subject to hydrolysis) is 1. The van der Waals surface area contributed by atoms with Crippen LogP contribution in [0.3, 0.4) is 0 Å². The number of fused-ring (bicyclic) bond motifs is 1. The Balaban J connectivity index is 2.17. The van der Waals surface area contributed by atoms with Crippen molar-refractivity contribution in [3.8, 4) is 0 Å². The topological polar surface area (TPSA) is 50.4 Å². The summed E-state index contributed by atoms with van der Waals surface area (Å²) in [6.07, 6.45) is 1.56. The van der Waals surface area contributed by atoms with Crippen molar-refractivity contribution in [1.29, 1.82) is 0 Å². The van der Waals surface area contributed by atoms with Crippen molar-refractivity contribution < 1.29 is 9.53 Å². The molecule has 0 fully saturated rings. The number of nitrogens with one attached hydrogen (secondary N) is 2. The number of carbonyl (C=O) groups excluding carboxylic acids is 1. The van der Waals surface area contributed by atoms with E-state index in [2.05, 4.69) is 35.9 Å². The largest absolute Gasteiger partial charge is 0.444 e. The number of rotatable bonds is 3. The first kappa shape index (κ1) is 16.3. The van der Waals surface area contributed by atoms with Crippen LogP contribution in [-0.2, 0) is 16.7 Å². The molecule has 5 heteroatoms. The lowest BCUT2D eigenvalue weighted by Gasteiger charge is -2.42. The Bertz CT molecular complexity index is 507. The minimum atomic E-state index is -0.475. The van der Waals surface area contributed by atoms with E-state index >= 15 is 0 Å². The predicted octanol–water partition coefficient (Wildman–Crippen LogP) is 3.41. The highest BCUT2D eigenvalue weighted by Gasteiger charge is 2.40. The highest BCUT2D eigenvalue weighted by atomic mass is 32.1. The molecule has 21 heavy (non-hydrogen) atoms. The second kappa shape index (κ2) is 5.97. The lowest BCUT2D eigenvalue weighted by atomic mass is 9.80. The van der Waals surface area contributed by atoms with Crippen molar-refractivity contribution in [2.24, 2.45) is 0 Å². The number of carbonyl (C=O) groups is 1. The Morgan fingerprint density at radius 1 is 1.57 bits per heavy atom.